The van der Waals surface area contributed by atoms with E-state index in [1.54, 1.807) is 0 Å². The molecule has 88 valence electrons. The molecule has 1 aromatic heterocycles. The SMILES string of the molecule is CC(=O)c1c(-c2c(F)cccc2Cl)noc1Br. The van der Waals surface area contributed by atoms with Crippen molar-refractivity contribution in [2.45, 2.75) is 6.92 Å². The zero-order valence-corrected chi connectivity index (χ0v) is 11.0. The number of halogens is 3. The lowest BCUT2D eigenvalue weighted by atomic mass is 10.1. The number of hydrogen-bond acceptors (Lipinski definition) is 3. The molecule has 0 bridgehead atoms. The Morgan fingerprint density at radius 3 is 2.82 bits per heavy atom. The predicted octanol–water partition coefficient (Wildman–Crippen LogP) is 4.10. The normalized spacial score (nSPS) is 10.6. The molecule has 3 nitrogen and oxygen atoms in total. The zero-order chi connectivity index (χ0) is 12.6. The van der Waals surface area contributed by atoms with Crippen LogP contribution in [0.15, 0.2) is 27.4 Å². The standard InChI is InChI=1S/C11H6BrClFNO2/c1-5(16)8-10(15-17-11(8)12)9-6(13)3-2-4-7(9)14/h2-4H,1H3. The zero-order valence-electron chi connectivity index (χ0n) is 8.63. The van der Waals surface area contributed by atoms with Crippen molar-refractivity contribution in [1.29, 1.82) is 0 Å². The molecule has 6 heteroatoms. The summed E-state index contributed by atoms with van der Waals surface area (Å²) in [5, 5.41) is 3.84. The van der Waals surface area contributed by atoms with Crippen molar-refractivity contribution in [3.63, 3.8) is 0 Å². The van der Waals surface area contributed by atoms with Crippen LogP contribution in [-0.2, 0) is 0 Å². The molecule has 2 rings (SSSR count). The second kappa shape index (κ2) is 4.58. The van der Waals surface area contributed by atoms with Gasteiger partial charge in [-0.3, -0.25) is 4.79 Å². The number of benzene rings is 1. The molecule has 0 amide bonds. The van der Waals surface area contributed by atoms with E-state index in [0.717, 1.165) is 0 Å². The highest BCUT2D eigenvalue weighted by Gasteiger charge is 2.23. The van der Waals surface area contributed by atoms with Gasteiger partial charge < -0.3 is 4.52 Å². The minimum atomic E-state index is -0.555. The molecule has 0 atom stereocenters. The van der Waals surface area contributed by atoms with Crippen LogP contribution in [0.5, 0.6) is 0 Å². The van der Waals surface area contributed by atoms with E-state index in [-0.39, 0.29) is 32.3 Å². The number of nitrogens with zero attached hydrogens (tertiary/aromatic N) is 1. The molecule has 0 saturated carbocycles. The molecule has 0 fully saturated rings. The maximum Gasteiger partial charge on any atom is 0.213 e. The van der Waals surface area contributed by atoms with Gasteiger partial charge in [-0.15, -0.1) is 0 Å². The summed E-state index contributed by atoms with van der Waals surface area (Å²) in [5.74, 6) is -0.840. The van der Waals surface area contributed by atoms with Crippen molar-refractivity contribution < 1.29 is 13.7 Å². The molecule has 0 N–H and O–H groups in total. The summed E-state index contributed by atoms with van der Waals surface area (Å²) < 4.78 is 18.7. The Labute approximate surface area is 110 Å². The van der Waals surface area contributed by atoms with Gasteiger partial charge in [0.05, 0.1) is 16.1 Å². The fourth-order valence-electron chi connectivity index (χ4n) is 1.47. The summed E-state index contributed by atoms with van der Waals surface area (Å²) in [6.45, 7) is 1.34. The molecule has 0 spiro atoms. The van der Waals surface area contributed by atoms with Gasteiger partial charge in [0.25, 0.3) is 0 Å². The molecule has 0 aliphatic carbocycles. The number of rotatable bonds is 2. The maximum absolute atomic E-state index is 13.7. The van der Waals surface area contributed by atoms with Gasteiger partial charge in [-0.2, -0.15) is 0 Å². The molecular weight excluding hydrogens is 312 g/mol. The second-order valence-electron chi connectivity index (χ2n) is 3.33. The van der Waals surface area contributed by atoms with Crippen molar-refractivity contribution in [1.82, 2.24) is 5.16 Å². The molecular formula is C11H6BrClFNO2. The number of carbonyl (C=O) groups excluding carboxylic acids is 1. The Hall–Kier alpha value is -1.20. The molecule has 0 unspecified atom stereocenters. The van der Waals surface area contributed by atoms with Crippen LogP contribution in [0, 0.1) is 5.82 Å². The Morgan fingerprint density at radius 1 is 1.53 bits per heavy atom. The summed E-state index contributed by atoms with van der Waals surface area (Å²) in [7, 11) is 0. The quantitative estimate of drug-likeness (QED) is 0.783. The fraction of sp³-hybridized carbons (Fsp3) is 0.0909. The van der Waals surface area contributed by atoms with E-state index in [9.17, 15) is 9.18 Å². The van der Waals surface area contributed by atoms with Gasteiger partial charge in [-0.1, -0.05) is 22.8 Å². The van der Waals surface area contributed by atoms with Crippen molar-refractivity contribution in [3.05, 3.63) is 39.3 Å². The van der Waals surface area contributed by atoms with Crippen LogP contribution >= 0.6 is 27.5 Å². The van der Waals surface area contributed by atoms with E-state index < -0.39 is 5.82 Å². The van der Waals surface area contributed by atoms with Gasteiger partial charge in [0, 0.05) is 0 Å². The Kier molecular flexibility index (Phi) is 3.31. The van der Waals surface area contributed by atoms with Crippen LogP contribution in [0.3, 0.4) is 0 Å². The predicted molar refractivity (Wildman–Crippen MR) is 64.6 cm³/mol. The molecule has 0 saturated heterocycles. The number of carbonyl (C=O) groups is 1. The van der Waals surface area contributed by atoms with Crippen molar-refractivity contribution >= 4 is 33.3 Å². The molecule has 0 aliphatic heterocycles. The van der Waals surface area contributed by atoms with Crippen molar-refractivity contribution in [2.75, 3.05) is 0 Å². The van der Waals surface area contributed by atoms with Crippen LogP contribution in [0.2, 0.25) is 5.02 Å². The summed E-state index contributed by atoms with van der Waals surface area (Å²) in [6, 6.07) is 4.24. The third-order valence-corrected chi connectivity index (χ3v) is 3.06. The number of ketones is 1. The van der Waals surface area contributed by atoms with Gasteiger partial charge in [0.15, 0.2) is 5.78 Å². The van der Waals surface area contributed by atoms with Crippen LogP contribution in [-0.4, -0.2) is 10.9 Å². The minimum Gasteiger partial charge on any atom is -0.348 e. The van der Waals surface area contributed by atoms with Crippen LogP contribution in [0.4, 0.5) is 4.39 Å². The molecule has 0 radical (unpaired) electrons. The second-order valence-corrected chi connectivity index (χ2v) is 4.46. The average molecular weight is 319 g/mol. The van der Waals surface area contributed by atoms with E-state index in [1.165, 1.54) is 25.1 Å². The molecule has 1 aromatic carbocycles. The first kappa shape index (κ1) is 12.3. The Bertz CT molecular complexity index is 577. The van der Waals surface area contributed by atoms with Crippen LogP contribution < -0.4 is 0 Å². The first-order valence-corrected chi connectivity index (χ1v) is 5.80. The van der Waals surface area contributed by atoms with Crippen LogP contribution in [0.25, 0.3) is 11.3 Å². The lowest BCUT2D eigenvalue weighted by molar-refractivity contribution is 0.101. The monoisotopic (exact) mass is 317 g/mol. The van der Waals surface area contributed by atoms with Gasteiger partial charge in [0.1, 0.15) is 11.5 Å². The summed E-state index contributed by atoms with van der Waals surface area (Å²) >= 11 is 8.95. The van der Waals surface area contributed by atoms with E-state index in [2.05, 4.69) is 21.1 Å². The summed E-state index contributed by atoms with van der Waals surface area (Å²) in [5.41, 5.74) is 0.346. The molecule has 0 aliphatic rings. The Morgan fingerprint density at radius 2 is 2.24 bits per heavy atom. The van der Waals surface area contributed by atoms with Crippen LogP contribution in [0.1, 0.15) is 17.3 Å². The van der Waals surface area contributed by atoms with Gasteiger partial charge in [-0.05, 0) is 35.0 Å². The Balaban J connectivity index is 2.73. The first-order chi connectivity index (χ1) is 8.02. The van der Waals surface area contributed by atoms with E-state index >= 15 is 0 Å². The average Bonchev–Trinajstić information content (AvgIpc) is 2.60. The summed E-state index contributed by atoms with van der Waals surface area (Å²) in [6.07, 6.45) is 0. The van der Waals surface area contributed by atoms with E-state index in [0.29, 0.717) is 0 Å². The molecule has 1 heterocycles. The largest absolute Gasteiger partial charge is 0.348 e. The highest BCUT2D eigenvalue weighted by atomic mass is 79.9. The molecule has 2 aromatic rings. The third kappa shape index (κ3) is 2.12. The smallest absolute Gasteiger partial charge is 0.213 e. The highest BCUT2D eigenvalue weighted by Crippen LogP contribution is 2.35. The fourth-order valence-corrected chi connectivity index (χ4v) is 2.26. The topological polar surface area (TPSA) is 43.1 Å². The van der Waals surface area contributed by atoms with Gasteiger partial charge >= 0.3 is 0 Å². The third-order valence-electron chi connectivity index (χ3n) is 2.20. The van der Waals surface area contributed by atoms with Crippen molar-refractivity contribution in [2.24, 2.45) is 0 Å². The van der Waals surface area contributed by atoms with Crippen molar-refractivity contribution in [3.8, 4) is 11.3 Å². The minimum absolute atomic E-state index is 0.0637. The lowest BCUT2D eigenvalue weighted by Crippen LogP contribution is -1.96. The summed E-state index contributed by atoms with van der Waals surface area (Å²) in [4.78, 5) is 11.4. The van der Waals surface area contributed by atoms with E-state index in [1.807, 2.05) is 0 Å². The van der Waals surface area contributed by atoms with Gasteiger partial charge in [0.2, 0.25) is 4.67 Å². The molecule has 17 heavy (non-hydrogen) atoms. The first-order valence-electron chi connectivity index (χ1n) is 4.63. The van der Waals surface area contributed by atoms with E-state index in [4.69, 9.17) is 16.1 Å². The maximum atomic E-state index is 13.7. The number of hydrogen-bond donors (Lipinski definition) is 0. The highest BCUT2D eigenvalue weighted by molar-refractivity contribution is 9.10. The number of Topliss-reactive ketones (excluding diaryl/α,β-unsaturated/α-hetero) is 1. The van der Waals surface area contributed by atoms with Gasteiger partial charge in [-0.25, -0.2) is 4.39 Å². The number of aromatic nitrogens is 1. The lowest BCUT2D eigenvalue weighted by Gasteiger charge is -2.03.